The maximum atomic E-state index is 13.0. The summed E-state index contributed by atoms with van der Waals surface area (Å²) in [7, 11) is 3.03. The second kappa shape index (κ2) is 6.81. The zero-order valence-corrected chi connectivity index (χ0v) is 14.3. The molecular formula is C20H18O5. The molecule has 1 aliphatic rings. The predicted octanol–water partition coefficient (Wildman–Crippen LogP) is 3.27. The number of Topliss-reactive ketones (excluding diaryl/α,β-unsaturated/α-hetero) is 1. The van der Waals surface area contributed by atoms with E-state index in [0.29, 0.717) is 28.2 Å². The summed E-state index contributed by atoms with van der Waals surface area (Å²) in [6.07, 6.45) is 0. The van der Waals surface area contributed by atoms with Gasteiger partial charge in [-0.3, -0.25) is 4.79 Å². The van der Waals surface area contributed by atoms with Crippen LogP contribution in [0, 0.1) is 0 Å². The van der Waals surface area contributed by atoms with E-state index in [-0.39, 0.29) is 18.0 Å². The Morgan fingerprint density at radius 1 is 1.04 bits per heavy atom. The number of rotatable bonds is 5. The molecule has 2 aromatic carbocycles. The van der Waals surface area contributed by atoms with Crippen molar-refractivity contribution in [2.24, 2.45) is 0 Å². The lowest BCUT2D eigenvalue weighted by molar-refractivity contribution is -0.137. The van der Waals surface area contributed by atoms with Gasteiger partial charge in [-0.2, -0.15) is 0 Å². The quantitative estimate of drug-likeness (QED) is 0.618. The molecule has 0 saturated carbocycles. The summed E-state index contributed by atoms with van der Waals surface area (Å²) < 4.78 is 15.8. The standard InChI is InChI=1S/C20H18O5/c1-4-25-20(22)18-16(12-8-6-5-7-9-12)17-14(19(18)21)10-13(23-2)11-15(17)24-3/h5-11H,4H2,1-3H3. The molecule has 0 aromatic heterocycles. The predicted molar refractivity (Wildman–Crippen MR) is 93.0 cm³/mol. The molecule has 0 bridgehead atoms. The molecule has 0 aliphatic heterocycles. The fraction of sp³-hybridized carbons (Fsp3) is 0.200. The fourth-order valence-corrected chi connectivity index (χ4v) is 2.97. The third-order valence-electron chi connectivity index (χ3n) is 4.05. The molecule has 0 unspecified atom stereocenters. The minimum Gasteiger partial charge on any atom is -0.497 e. The van der Waals surface area contributed by atoms with Gasteiger partial charge in [-0.1, -0.05) is 30.3 Å². The Hall–Kier alpha value is -3.08. The first-order chi connectivity index (χ1) is 12.1. The van der Waals surface area contributed by atoms with Crippen LogP contribution < -0.4 is 9.47 Å². The summed E-state index contributed by atoms with van der Waals surface area (Å²) >= 11 is 0. The van der Waals surface area contributed by atoms with Crippen LogP contribution in [-0.4, -0.2) is 32.6 Å². The van der Waals surface area contributed by atoms with Crippen LogP contribution in [0.4, 0.5) is 0 Å². The third-order valence-corrected chi connectivity index (χ3v) is 4.05. The van der Waals surface area contributed by atoms with Gasteiger partial charge in [0.2, 0.25) is 5.78 Å². The van der Waals surface area contributed by atoms with Crippen LogP contribution in [0.5, 0.6) is 11.5 Å². The van der Waals surface area contributed by atoms with Crippen LogP contribution in [0.15, 0.2) is 48.0 Å². The number of fused-ring (bicyclic) bond motifs is 1. The highest BCUT2D eigenvalue weighted by Gasteiger charge is 2.38. The second-order valence-corrected chi connectivity index (χ2v) is 5.42. The van der Waals surface area contributed by atoms with E-state index < -0.39 is 5.97 Å². The largest absolute Gasteiger partial charge is 0.497 e. The molecule has 0 saturated heterocycles. The van der Waals surface area contributed by atoms with E-state index in [1.165, 1.54) is 14.2 Å². The number of hydrogen-bond acceptors (Lipinski definition) is 5. The lowest BCUT2D eigenvalue weighted by Crippen LogP contribution is -2.14. The van der Waals surface area contributed by atoms with Gasteiger partial charge in [-0.05, 0) is 18.6 Å². The van der Waals surface area contributed by atoms with Crippen molar-refractivity contribution in [1.29, 1.82) is 0 Å². The molecule has 3 rings (SSSR count). The Morgan fingerprint density at radius 3 is 2.36 bits per heavy atom. The molecule has 5 nitrogen and oxygen atoms in total. The van der Waals surface area contributed by atoms with E-state index in [0.717, 1.165) is 5.56 Å². The number of ether oxygens (including phenoxy) is 3. The zero-order valence-electron chi connectivity index (χ0n) is 14.3. The summed E-state index contributed by atoms with van der Waals surface area (Å²) in [5, 5.41) is 0. The number of carbonyl (C=O) groups excluding carboxylic acids is 2. The number of esters is 1. The van der Waals surface area contributed by atoms with Gasteiger partial charge in [0.25, 0.3) is 0 Å². The van der Waals surface area contributed by atoms with E-state index in [1.54, 1.807) is 19.1 Å². The summed E-state index contributed by atoms with van der Waals surface area (Å²) in [5.41, 5.74) is 2.26. The van der Waals surface area contributed by atoms with E-state index in [9.17, 15) is 9.59 Å². The monoisotopic (exact) mass is 338 g/mol. The first kappa shape index (κ1) is 16.8. The van der Waals surface area contributed by atoms with Crippen molar-refractivity contribution in [3.63, 3.8) is 0 Å². The summed E-state index contributed by atoms with van der Waals surface area (Å²) in [6, 6.07) is 12.6. The minimum absolute atomic E-state index is 0.0228. The van der Waals surface area contributed by atoms with Gasteiger partial charge in [0.15, 0.2) is 0 Å². The highest BCUT2D eigenvalue weighted by molar-refractivity contribution is 6.35. The van der Waals surface area contributed by atoms with Gasteiger partial charge >= 0.3 is 5.97 Å². The molecule has 0 amide bonds. The maximum absolute atomic E-state index is 13.0. The van der Waals surface area contributed by atoms with Crippen LogP contribution >= 0.6 is 0 Å². The first-order valence-electron chi connectivity index (χ1n) is 7.90. The molecule has 1 aliphatic carbocycles. The Bertz CT molecular complexity index is 865. The average Bonchev–Trinajstić information content (AvgIpc) is 2.94. The van der Waals surface area contributed by atoms with Crippen molar-refractivity contribution >= 4 is 17.3 Å². The topological polar surface area (TPSA) is 61.8 Å². The highest BCUT2D eigenvalue weighted by atomic mass is 16.5. The number of carbonyl (C=O) groups is 2. The van der Waals surface area contributed by atoms with Crippen LogP contribution in [0.1, 0.15) is 28.4 Å². The molecular weight excluding hydrogens is 320 g/mol. The Balaban J connectivity index is 2.32. The van der Waals surface area contributed by atoms with Gasteiger partial charge in [0.1, 0.15) is 17.1 Å². The lowest BCUT2D eigenvalue weighted by atomic mass is 9.96. The summed E-state index contributed by atoms with van der Waals surface area (Å²) in [4.78, 5) is 25.5. The minimum atomic E-state index is -0.636. The average molecular weight is 338 g/mol. The van der Waals surface area contributed by atoms with Gasteiger partial charge in [0.05, 0.1) is 20.8 Å². The zero-order chi connectivity index (χ0) is 18.0. The van der Waals surface area contributed by atoms with Gasteiger partial charge in [0, 0.05) is 22.8 Å². The molecule has 0 heterocycles. The summed E-state index contributed by atoms with van der Waals surface area (Å²) in [5.74, 6) is -0.0598. The lowest BCUT2D eigenvalue weighted by Gasteiger charge is -2.13. The van der Waals surface area contributed by atoms with Crippen LogP contribution in [0.3, 0.4) is 0 Å². The number of hydrogen-bond donors (Lipinski definition) is 0. The maximum Gasteiger partial charge on any atom is 0.342 e. The highest BCUT2D eigenvalue weighted by Crippen LogP contribution is 2.44. The Kier molecular flexibility index (Phi) is 4.57. The molecule has 5 heteroatoms. The van der Waals surface area contributed by atoms with Crippen molar-refractivity contribution in [2.45, 2.75) is 6.92 Å². The number of benzene rings is 2. The molecule has 25 heavy (non-hydrogen) atoms. The van der Waals surface area contributed by atoms with E-state index in [2.05, 4.69) is 0 Å². The third kappa shape index (κ3) is 2.78. The fourth-order valence-electron chi connectivity index (χ4n) is 2.97. The molecule has 0 spiro atoms. The Morgan fingerprint density at radius 2 is 1.76 bits per heavy atom. The molecule has 0 N–H and O–H groups in total. The van der Waals surface area contributed by atoms with Crippen molar-refractivity contribution < 1.29 is 23.8 Å². The van der Waals surface area contributed by atoms with Gasteiger partial charge in [-0.25, -0.2) is 4.79 Å². The molecule has 128 valence electrons. The van der Waals surface area contributed by atoms with Gasteiger partial charge < -0.3 is 14.2 Å². The van der Waals surface area contributed by atoms with Gasteiger partial charge in [-0.15, -0.1) is 0 Å². The van der Waals surface area contributed by atoms with Crippen LogP contribution in [0.25, 0.3) is 5.57 Å². The van der Waals surface area contributed by atoms with E-state index in [4.69, 9.17) is 14.2 Å². The first-order valence-corrected chi connectivity index (χ1v) is 7.90. The van der Waals surface area contributed by atoms with Crippen molar-refractivity contribution in [2.75, 3.05) is 20.8 Å². The second-order valence-electron chi connectivity index (χ2n) is 5.42. The SMILES string of the molecule is CCOC(=O)C1=C(c2ccccc2)c2c(OC)cc(OC)cc2C1=O. The van der Waals surface area contributed by atoms with E-state index >= 15 is 0 Å². The number of ketones is 1. The van der Waals surface area contributed by atoms with Crippen molar-refractivity contribution in [3.05, 3.63) is 64.7 Å². The van der Waals surface area contributed by atoms with Crippen molar-refractivity contribution in [3.8, 4) is 11.5 Å². The van der Waals surface area contributed by atoms with E-state index in [1.807, 2.05) is 30.3 Å². The summed E-state index contributed by atoms with van der Waals surface area (Å²) in [6.45, 7) is 1.89. The Labute approximate surface area is 145 Å². The van der Waals surface area contributed by atoms with Crippen molar-refractivity contribution in [1.82, 2.24) is 0 Å². The smallest absolute Gasteiger partial charge is 0.342 e. The normalized spacial score (nSPS) is 12.8. The molecule has 0 atom stereocenters. The van der Waals surface area contributed by atoms with Crippen LogP contribution in [0.2, 0.25) is 0 Å². The number of methoxy groups -OCH3 is 2. The molecule has 0 fully saturated rings. The molecule has 0 radical (unpaired) electrons. The molecule has 2 aromatic rings. The van der Waals surface area contributed by atoms with Crippen LogP contribution in [-0.2, 0) is 9.53 Å².